The fourth-order valence-corrected chi connectivity index (χ4v) is 3.03. The van der Waals surface area contributed by atoms with Crippen molar-refractivity contribution in [3.05, 3.63) is 22.1 Å². The summed E-state index contributed by atoms with van der Waals surface area (Å²) in [6.45, 7) is 4.47. The van der Waals surface area contributed by atoms with Gasteiger partial charge < -0.3 is 10.1 Å². The molecule has 1 aromatic rings. The summed E-state index contributed by atoms with van der Waals surface area (Å²) in [7, 11) is 0. The molecule has 0 aliphatic carbocycles. The number of nitrogens with zero attached hydrogens (tertiary/aromatic N) is 2. The minimum Gasteiger partial charge on any atom is -0.380 e. The van der Waals surface area contributed by atoms with E-state index in [9.17, 15) is 9.59 Å². The summed E-state index contributed by atoms with van der Waals surface area (Å²) in [4.78, 5) is 28.3. The van der Waals surface area contributed by atoms with Crippen LogP contribution in [0.15, 0.2) is 16.1 Å². The van der Waals surface area contributed by atoms with Crippen molar-refractivity contribution in [2.24, 2.45) is 5.41 Å². The molecule has 6 nitrogen and oxygen atoms in total. The molecule has 0 radical (unpaired) electrons. The summed E-state index contributed by atoms with van der Waals surface area (Å²) < 4.78 is 6.69. The molecule has 1 aromatic heterocycles. The number of hydrogen-bond acceptors (Lipinski definition) is 5. The Bertz CT molecular complexity index is 580. The zero-order chi connectivity index (χ0) is 13.5. The number of carbonyl (C=O) groups is 1. The van der Waals surface area contributed by atoms with Gasteiger partial charge in [-0.1, -0.05) is 18.7 Å². The van der Waals surface area contributed by atoms with E-state index in [1.807, 2.05) is 6.92 Å². The molecule has 0 spiro atoms. The van der Waals surface area contributed by atoms with Gasteiger partial charge in [-0.05, 0) is 0 Å². The standard InChI is InChI=1S/C12H15N3O3S/c1-12(6-18-7-12)5-14-9(16)8-4-13-11-15(10(8)17)2-3-19-11/h4H,2-3,5-7H2,1H3,(H,14,16). The molecule has 0 unspecified atom stereocenters. The van der Waals surface area contributed by atoms with Crippen LogP contribution in [0.4, 0.5) is 0 Å². The highest BCUT2D eigenvalue weighted by Crippen LogP contribution is 2.25. The van der Waals surface area contributed by atoms with Crippen molar-refractivity contribution in [2.45, 2.75) is 18.6 Å². The Hall–Kier alpha value is -1.34. The summed E-state index contributed by atoms with van der Waals surface area (Å²) >= 11 is 1.54. The second-order valence-corrected chi connectivity index (χ2v) is 6.31. The van der Waals surface area contributed by atoms with Gasteiger partial charge in [0.2, 0.25) is 0 Å². The molecule has 0 saturated carbocycles. The molecule has 1 amide bonds. The maximum absolute atomic E-state index is 12.1. The van der Waals surface area contributed by atoms with Crippen molar-refractivity contribution in [3.63, 3.8) is 0 Å². The van der Waals surface area contributed by atoms with Crippen LogP contribution in [0.3, 0.4) is 0 Å². The summed E-state index contributed by atoms with van der Waals surface area (Å²) in [6.07, 6.45) is 1.38. The van der Waals surface area contributed by atoms with Crippen LogP contribution < -0.4 is 10.9 Å². The van der Waals surface area contributed by atoms with E-state index in [1.165, 1.54) is 18.0 Å². The lowest BCUT2D eigenvalue weighted by molar-refractivity contribution is -0.0978. The van der Waals surface area contributed by atoms with E-state index in [0.29, 0.717) is 31.5 Å². The molecular formula is C12H15N3O3S. The second kappa shape index (κ2) is 4.64. The Morgan fingerprint density at radius 1 is 1.63 bits per heavy atom. The van der Waals surface area contributed by atoms with Crippen LogP contribution in [0, 0.1) is 5.41 Å². The molecule has 1 fully saturated rings. The SMILES string of the molecule is CC1(CNC(=O)c2cnc3n(c2=O)CCS3)COC1. The van der Waals surface area contributed by atoms with Crippen molar-refractivity contribution in [1.82, 2.24) is 14.9 Å². The summed E-state index contributed by atoms with van der Waals surface area (Å²) in [5.74, 6) is 0.487. The predicted molar refractivity (Wildman–Crippen MR) is 70.5 cm³/mol. The zero-order valence-electron chi connectivity index (χ0n) is 10.6. The van der Waals surface area contributed by atoms with Crippen LogP contribution in [-0.2, 0) is 11.3 Å². The fraction of sp³-hybridized carbons (Fsp3) is 0.583. The summed E-state index contributed by atoms with van der Waals surface area (Å²) in [5.41, 5.74) is -0.135. The molecule has 102 valence electrons. The van der Waals surface area contributed by atoms with E-state index in [4.69, 9.17) is 4.74 Å². The Kier molecular flexibility index (Phi) is 3.10. The Morgan fingerprint density at radius 2 is 2.42 bits per heavy atom. The van der Waals surface area contributed by atoms with E-state index in [1.54, 1.807) is 4.57 Å². The van der Waals surface area contributed by atoms with E-state index >= 15 is 0 Å². The number of carbonyl (C=O) groups excluding carboxylic acids is 1. The second-order valence-electron chi connectivity index (χ2n) is 5.25. The number of thioether (sulfide) groups is 1. The average Bonchev–Trinajstić information content (AvgIpc) is 2.83. The molecule has 1 N–H and O–H groups in total. The van der Waals surface area contributed by atoms with Crippen LogP contribution in [0.2, 0.25) is 0 Å². The van der Waals surface area contributed by atoms with E-state index in [0.717, 1.165) is 5.75 Å². The van der Waals surface area contributed by atoms with Gasteiger partial charge in [0.25, 0.3) is 11.5 Å². The lowest BCUT2D eigenvalue weighted by Gasteiger charge is -2.37. The quantitative estimate of drug-likeness (QED) is 0.796. The van der Waals surface area contributed by atoms with Crippen LogP contribution in [0.25, 0.3) is 0 Å². The lowest BCUT2D eigenvalue weighted by atomic mass is 9.89. The van der Waals surface area contributed by atoms with Gasteiger partial charge in [0.1, 0.15) is 5.56 Å². The number of fused-ring (bicyclic) bond motifs is 1. The predicted octanol–water partition coefficient (Wildman–Crippen LogP) is 0.115. The Morgan fingerprint density at radius 3 is 3.11 bits per heavy atom. The van der Waals surface area contributed by atoms with Gasteiger partial charge in [0.15, 0.2) is 5.16 Å². The number of nitrogens with one attached hydrogen (secondary N) is 1. The third kappa shape index (κ3) is 2.28. The van der Waals surface area contributed by atoms with Crippen LogP contribution in [-0.4, -0.2) is 41.0 Å². The molecule has 19 heavy (non-hydrogen) atoms. The third-order valence-corrected chi connectivity index (χ3v) is 4.35. The van der Waals surface area contributed by atoms with Crippen molar-refractivity contribution >= 4 is 17.7 Å². The molecule has 0 bridgehead atoms. The monoisotopic (exact) mass is 281 g/mol. The highest BCUT2D eigenvalue weighted by molar-refractivity contribution is 7.99. The normalized spacial score (nSPS) is 19.6. The van der Waals surface area contributed by atoms with Gasteiger partial charge >= 0.3 is 0 Å². The van der Waals surface area contributed by atoms with Crippen LogP contribution in [0.5, 0.6) is 0 Å². The number of amides is 1. The molecule has 7 heteroatoms. The van der Waals surface area contributed by atoms with Crippen molar-refractivity contribution in [1.29, 1.82) is 0 Å². The smallest absolute Gasteiger partial charge is 0.267 e. The van der Waals surface area contributed by atoms with E-state index < -0.39 is 0 Å². The minimum atomic E-state index is -0.349. The first-order valence-corrected chi connectivity index (χ1v) is 7.16. The van der Waals surface area contributed by atoms with Gasteiger partial charge in [-0.2, -0.15) is 0 Å². The maximum atomic E-state index is 12.1. The first-order chi connectivity index (χ1) is 9.09. The Balaban J connectivity index is 1.75. The first kappa shape index (κ1) is 12.7. The van der Waals surface area contributed by atoms with Crippen molar-refractivity contribution in [3.8, 4) is 0 Å². The van der Waals surface area contributed by atoms with Crippen LogP contribution in [0.1, 0.15) is 17.3 Å². The van der Waals surface area contributed by atoms with E-state index in [2.05, 4.69) is 10.3 Å². The number of rotatable bonds is 3. The van der Waals surface area contributed by atoms with Crippen molar-refractivity contribution < 1.29 is 9.53 Å². The molecular weight excluding hydrogens is 266 g/mol. The van der Waals surface area contributed by atoms with Gasteiger partial charge in [-0.15, -0.1) is 0 Å². The van der Waals surface area contributed by atoms with Gasteiger partial charge in [0.05, 0.1) is 13.2 Å². The molecule has 0 atom stereocenters. The zero-order valence-corrected chi connectivity index (χ0v) is 11.5. The average molecular weight is 281 g/mol. The Labute approximate surface area is 114 Å². The highest BCUT2D eigenvalue weighted by Gasteiger charge is 2.34. The largest absolute Gasteiger partial charge is 0.380 e. The number of ether oxygens (including phenoxy) is 1. The maximum Gasteiger partial charge on any atom is 0.267 e. The topological polar surface area (TPSA) is 73.2 Å². The minimum absolute atomic E-state index is 0.00808. The van der Waals surface area contributed by atoms with Crippen molar-refractivity contribution in [2.75, 3.05) is 25.5 Å². The van der Waals surface area contributed by atoms with Gasteiger partial charge in [0, 0.05) is 30.5 Å². The summed E-state index contributed by atoms with van der Waals surface area (Å²) in [5, 5.41) is 3.49. The lowest BCUT2D eigenvalue weighted by Crippen LogP contribution is -2.49. The molecule has 3 heterocycles. The highest BCUT2D eigenvalue weighted by atomic mass is 32.2. The number of aromatic nitrogens is 2. The first-order valence-electron chi connectivity index (χ1n) is 6.18. The molecule has 2 aliphatic rings. The summed E-state index contributed by atoms with van der Waals surface area (Å²) in [6, 6.07) is 0. The molecule has 3 rings (SSSR count). The molecule has 2 aliphatic heterocycles. The van der Waals surface area contributed by atoms with E-state index in [-0.39, 0.29) is 22.4 Å². The third-order valence-electron chi connectivity index (χ3n) is 3.38. The molecule has 1 saturated heterocycles. The van der Waals surface area contributed by atoms with Gasteiger partial charge in [-0.25, -0.2) is 4.98 Å². The number of hydrogen-bond donors (Lipinski definition) is 1. The fourth-order valence-electron chi connectivity index (χ4n) is 2.11. The molecule has 0 aromatic carbocycles. The van der Waals surface area contributed by atoms with Crippen LogP contribution >= 0.6 is 11.8 Å². The van der Waals surface area contributed by atoms with Gasteiger partial charge in [-0.3, -0.25) is 14.2 Å².